The fourth-order valence-corrected chi connectivity index (χ4v) is 1.71. The third-order valence-corrected chi connectivity index (χ3v) is 2.88. The van der Waals surface area contributed by atoms with Gasteiger partial charge in [0.25, 0.3) is 0 Å². The van der Waals surface area contributed by atoms with Gasteiger partial charge in [0.1, 0.15) is 5.92 Å². The summed E-state index contributed by atoms with van der Waals surface area (Å²) in [5.74, 6) is 2.66. The highest BCUT2D eigenvalue weighted by Gasteiger charge is 2.15. The topological polar surface area (TPSA) is 74.6 Å². The smallest absolute Gasteiger partial charge is 0.318 e. The summed E-state index contributed by atoms with van der Waals surface area (Å²) in [4.78, 5) is 21.2. The van der Waals surface area contributed by atoms with E-state index in [1.807, 2.05) is 0 Å². The SMILES string of the molecule is CCCCCCCCC#CC(CCC(=O)O)C(=O)O. The van der Waals surface area contributed by atoms with Crippen molar-refractivity contribution in [1.29, 1.82) is 0 Å². The standard InChI is InChI=1S/C15H24O4/c1-2-3-4-5-6-7-8-9-10-13(15(18)19)11-12-14(16)17/h13H,2-8,11-12H2,1H3,(H,16,17)(H,18,19). The van der Waals surface area contributed by atoms with Gasteiger partial charge < -0.3 is 10.2 Å². The van der Waals surface area contributed by atoms with Gasteiger partial charge in [-0.05, 0) is 12.8 Å². The summed E-state index contributed by atoms with van der Waals surface area (Å²) in [6.45, 7) is 2.18. The van der Waals surface area contributed by atoms with Crippen LogP contribution in [0.25, 0.3) is 0 Å². The molecular formula is C15H24O4. The predicted octanol–water partition coefficient (Wildman–Crippen LogP) is 3.31. The summed E-state index contributed by atoms with van der Waals surface area (Å²) in [7, 11) is 0. The maximum atomic E-state index is 10.9. The van der Waals surface area contributed by atoms with Crippen LogP contribution in [0.4, 0.5) is 0 Å². The Morgan fingerprint density at radius 2 is 1.68 bits per heavy atom. The van der Waals surface area contributed by atoms with E-state index in [2.05, 4.69) is 18.8 Å². The highest BCUT2D eigenvalue weighted by molar-refractivity contribution is 5.75. The molecule has 1 atom stereocenters. The largest absolute Gasteiger partial charge is 0.481 e. The molecule has 0 bridgehead atoms. The van der Waals surface area contributed by atoms with Crippen molar-refractivity contribution in [2.24, 2.45) is 5.92 Å². The van der Waals surface area contributed by atoms with Gasteiger partial charge in [0.2, 0.25) is 0 Å². The molecule has 2 N–H and O–H groups in total. The zero-order valence-corrected chi connectivity index (χ0v) is 11.7. The first-order chi connectivity index (χ1) is 9.07. The Morgan fingerprint density at radius 1 is 1.05 bits per heavy atom. The molecule has 0 rings (SSSR count). The number of aliphatic carboxylic acids is 2. The fraction of sp³-hybridized carbons (Fsp3) is 0.733. The first-order valence-corrected chi connectivity index (χ1v) is 7.01. The van der Waals surface area contributed by atoms with Crippen LogP contribution in [0, 0.1) is 17.8 Å². The van der Waals surface area contributed by atoms with Crippen LogP contribution in [-0.4, -0.2) is 22.2 Å². The summed E-state index contributed by atoms with van der Waals surface area (Å²) < 4.78 is 0. The minimum absolute atomic E-state index is 0.0775. The van der Waals surface area contributed by atoms with Crippen molar-refractivity contribution in [2.45, 2.75) is 64.7 Å². The third kappa shape index (κ3) is 11.3. The van der Waals surface area contributed by atoms with E-state index in [4.69, 9.17) is 10.2 Å². The Morgan fingerprint density at radius 3 is 2.26 bits per heavy atom. The van der Waals surface area contributed by atoms with Gasteiger partial charge in [0, 0.05) is 12.8 Å². The minimum atomic E-state index is -1.03. The second-order valence-electron chi connectivity index (χ2n) is 4.66. The summed E-state index contributed by atoms with van der Waals surface area (Å²) in [6, 6.07) is 0. The van der Waals surface area contributed by atoms with E-state index in [0.29, 0.717) is 6.42 Å². The average molecular weight is 268 g/mol. The Bertz CT molecular complexity index is 325. The molecule has 0 radical (unpaired) electrons. The maximum absolute atomic E-state index is 10.9. The molecule has 0 heterocycles. The molecule has 0 fully saturated rings. The van der Waals surface area contributed by atoms with Crippen LogP contribution in [0.1, 0.15) is 64.7 Å². The van der Waals surface area contributed by atoms with Gasteiger partial charge in [-0.1, -0.05) is 44.9 Å². The van der Waals surface area contributed by atoms with E-state index < -0.39 is 17.9 Å². The number of hydrogen-bond acceptors (Lipinski definition) is 2. The number of carboxylic acid groups (broad SMARTS) is 2. The molecule has 0 aliphatic carbocycles. The Kier molecular flexibility index (Phi) is 10.7. The summed E-state index contributed by atoms with van der Waals surface area (Å²) in [5, 5.41) is 17.4. The Hall–Kier alpha value is -1.50. The molecule has 0 aromatic heterocycles. The molecule has 0 amide bonds. The van der Waals surface area contributed by atoms with Crippen LogP contribution in [0.3, 0.4) is 0 Å². The minimum Gasteiger partial charge on any atom is -0.481 e. The molecule has 1 unspecified atom stereocenters. The van der Waals surface area contributed by atoms with Crippen molar-refractivity contribution in [3.05, 3.63) is 0 Å². The van der Waals surface area contributed by atoms with Gasteiger partial charge >= 0.3 is 11.9 Å². The molecular weight excluding hydrogens is 244 g/mol. The number of unbranched alkanes of at least 4 members (excludes halogenated alkanes) is 6. The second kappa shape index (κ2) is 11.6. The molecule has 0 spiro atoms. The molecule has 0 aromatic rings. The number of hydrogen-bond donors (Lipinski definition) is 2. The van der Waals surface area contributed by atoms with E-state index >= 15 is 0 Å². The molecule has 0 aromatic carbocycles. The highest BCUT2D eigenvalue weighted by Crippen LogP contribution is 2.08. The lowest BCUT2D eigenvalue weighted by molar-refractivity contribution is -0.140. The van der Waals surface area contributed by atoms with Crippen LogP contribution in [0.5, 0.6) is 0 Å². The number of rotatable bonds is 10. The zero-order valence-electron chi connectivity index (χ0n) is 11.7. The molecule has 0 aliphatic heterocycles. The highest BCUT2D eigenvalue weighted by atomic mass is 16.4. The summed E-state index contributed by atoms with van der Waals surface area (Å²) in [6.07, 6.45) is 7.69. The number of carbonyl (C=O) groups is 2. The van der Waals surface area contributed by atoms with Gasteiger partial charge in [-0.3, -0.25) is 9.59 Å². The van der Waals surface area contributed by atoms with Crippen molar-refractivity contribution in [1.82, 2.24) is 0 Å². The quantitative estimate of drug-likeness (QED) is 0.471. The molecule has 0 saturated carbocycles. The van der Waals surface area contributed by atoms with Gasteiger partial charge in [0.15, 0.2) is 0 Å². The van der Waals surface area contributed by atoms with E-state index in [0.717, 1.165) is 12.8 Å². The van der Waals surface area contributed by atoms with Crippen LogP contribution in [0.2, 0.25) is 0 Å². The van der Waals surface area contributed by atoms with Crippen molar-refractivity contribution in [3.8, 4) is 11.8 Å². The van der Waals surface area contributed by atoms with E-state index in [1.54, 1.807) is 0 Å². The van der Waals surface area contributed by atoms with Crippen LogP contribution < -0.4 is 0 Å². The van der Waals surface area contributed by atoms with E-state index in [1.165, 1.54) is 25.7 Å². The third-order valence-electron chi connectivity index (χ3n) is 2.88. The second-order valence-corrected chi connectivity index (χ2v) is 4.66. The van der Waals surface area contributed by atoms with Gasteiger partial charge in [-0.25, -0.2) is 0 Å². The van der Waals surface area contributed by atoms with Crippen LogP contribution >= 0.6 is 0 Å². The lowest BCUT2D eigenvalue weighted by atomic mass is 10.0. The predicted molar refractivity (Wildman–Crippen MR) is 73.8 cm³/mol. The van der Waals surface area contributed by atoms with E-state index in [9.17, 15) is 9.59 Å². The monoisotopic (exact) mass is 268 g/mol. The molecule has 4 heteroatoms. The van der Waals surface area contributed by atoms with Crippen molar-refractivity contribution in [2.75, 3.05) is 0 Å². The average Bonchev–Trinajstić information content (AvgIpc) is 2.35. The van der Waals surface area contributed by atoms with Gasteiger partial charge in [-0.15, -0.1) is 5.92 Å². The lowest BCUT2D eigenvalue weighted by Gasteiger charge is -2.02. The molecule has 19 heavy (non-hydrogen) atoms. The van der Waals surface area contributed by atoms with Crippen LogP contribution in [0.15, 0.2) is 0 Å². The molecule has 4 nitrogen and oxygen atoms in total. The molecule has 0 aliphatic rings. The summed E-state index contributed by atoms with van der Waals surface area (Å²) in [5.41, 5.74) is 0. The Labute approximate surface area is 115 Å². The zero-order chi connectivity index (χ0) is 14.5. The normalized spacial score (nSPS) is 11.4. The summed E-state index contributed by atoms with van der Waals surface area (Å²) >= 11 is 0. The van der Waals surface area contributed by atoms with Gasteiger partial charge in [0.05, 0.1) is 0 Å². The first-order valence-electron chi connectivity index (χ1n) is 7.01. The van der Waals surface area contributed by atoms with Crippen LogP contribution in [-0.2, 0) is 9.59 Å². The van der Waals surface area contributed by atoms with Crippen molar-refractivity contribution < 1.29 is 19.8 Å². The van der Waals surface area contributed by atoms with Gasteiger partial charge in [-0.2, -0.15) is 0 Å². The maximum Gasteiger partial charge on any atom is 0.318 e. The van der Waals surface area contributed by atoms with Crippen molar-refractivity contribution >= 4 is 11.9 Å². The lowest BCUT2D eigenvalue weighted by Crippen LogP contribution is -2.13. The first kappa shape index (κ1) is 17.5. The van der Waals surface area contributed by atoms with Crippen molar-refractivity contribution in [3.63, 3.8) is 0 Å². The molecule has 108 valence electrons. The van der Waals surface area contributed by atoms with E-state index in [-0.39, 0.29) is 12.8 Å². The number of carboxylic acids is 2. The fourth-order valence-electron chi connectivity index (χ4n) is 1.71. The molecule has 0 saturated heterocycles. The Balaban J connectivity index is 3.80.